The van der Waals surface area contributed by atoms with Crippen molar-refractivity contribution in [3.63, 3.8) is 0 Å². The van der Waals surface area contributed by atoms with Crippen LogP contribution in [0.4, 0.5) is 5.82 Å². The van der Waals surface area contributed by atoms with Gasteiger partial charge < -0.3 is 5.32 Å². The second kappa shape index (κ2) is 6.16. The van der Waals surface area contributed by atoms with Crippen LogP contribution in [0.2, 0.25) is 0 Å². The molecule has 0 bridgehead atoms. The van der Waals surface area contributed by atoms with E-state index in [4.69, 9.17) is 0 Å². The topological polar surface area (TPSA) is 83.6 Å². The highest BCUT2D eigenvalue weighted by molar-refractivity contribution is 5.96. The van der Waals surface area contributed by atoms with Crippen molar-refractivity contribution < 1.29 is 4.79 Å². The van der Waals surface area contributed by atoms with E-state index in [1.54, 1.807) is 10.9 Å². The maximum atomic E-state index is 13.0. The van der Waals surface area contributed by atoms with Crippen molar-refractivity contribution in [3.8, 4) is 6.07 Å². The number of nitriles is 1. The van der Waals surface area contributed by atoms with Crippen LogP contribution < -0.4 is 5.32 Å². The number of pyridine rings is 1. The van der Waals surface area contributed by atoms with E-state index in [0.717, 1.165) is 47.6 Å². The molecule has 6 heteroatoms. The van der Waals surface area contributed by atoms with Gasteiger partial charge in [-0.2, -0.15) is 10.4 Å². The first-order chi connectivity index (χ1) is 15.0. The van der Waals surface area contributed by atoms with E-state index in [2.05, 4.69) is 40.5 Å². The summed E-state index contributed by atoms with van der Waals surface area (Å²) in [6, 6.07) is 10.8. The summed E-state index contributed by atoms with van der Waals surface area (Å²) in [7, 11) is 1.90. The number of carbonyl (C=O) groups is 1. The molecule has 1 amide bonds. The van der Waals surface area contributed by atoms with Crippen molar-refractivity contribution in [1.29, 1.82) is 5.26 Å². The molecule has 3 aliphatic rings. The van der Waals surface area contributed by atoms with Gasteiger partial charge in [0.15, 0.2) is 0 Å². The maximum absolute atomic E-state index is 13.0. The summed E-state index contributed by atoms with van der Waals surface area (Å²) in [6.45, 7) is 2.13. The second-order valence-corrected chi connectivity index (χ2v) is 9.67. The summed E-state index contributed by atoms with van der Waals surface area (Å²) in [6.07, 6.45) is 9.94. The summed E-state index contributed by atoms with van der Waals surface area (Å²) in [5.41, 5.74) is 2.16. The van der Waals surface area contributed by atoms with Gasteiger partial charge in [0.05, 0.1) is 17.7 Å². The number of nitrogens with one attached hydrogen (secondary N) is 1. The first-order valence-electron chi connectivity index (χ1n) is 11.1. The number of anilines is 1. The molecule has 0 saturated heterocycles. The number of hydrogen-bond donors (Lipinski definition) is 1. The molecule has 3 saturated carbocycles. The van der Waals surface area contributed by atoms with Crippen LogP contribution in [0.15, 0.2) is 42.9 Å². The lowest BCUT2D eigenvalue weighted by atomic mass is 9.92. The lowest BCUT2D eigenvalue weighted by molar-refractivity contribution is -0.117. The molecule has 156 valence electrons. The number of rotatable bonds is 5. The van der Waals surface area contributed by atoms with Crippen LogP contribution in [0.25, 0.3) is 10.8 Å². The fourth-order valence-corrected chi connectivity index (χ4v) is 5.84. The molecule has 2 heterocycles. The Morgan fingerprint density at radius 3 is 2.77 bits per heavy atom. The number of carbonyl (C=O) groups excluding carboxylic acids is 1. The minimum Gasteiger partial charge on any atom is -0.310 e. The molecule has 1 N–H and O–H groups in total. The van der Waals surface area contributed by atoms with Crippen molar-refractivity contribution >= 4 is 22.5 Å². The van der Waals surface area contributed by atoms with E-state index in [0.29, 0.717) is 11.7 Å². The molecule has 0 aliphatic heterocycles. The van der Waals surface area contributed by atoms with Crippen molar-refractivity contribution in [2.45, 2.75) is 43.9 Å². The van der Waals surface area contributed by atoms with E-state index in [1.807, 2.05) is 31.6 Å². The zero-order chi connectivity index (χ0) is 21.4. The molecule has 31 heavy (non-hydrogen) atoms. The fourth-order valence-electron chi connectivity index (χ4n) is 5.84. The summed E-state index contributed by atoms with van der Waals surface area (Å²) in [4.78, 5) is 17.5. The molecule has 6 rings (SSSR count). The third kappa shape index (κ3) is 2.65. The van der Waals surface area contributed by atoms with Crippen LogP contribution in [0.5, 0.6) is 0 Å². The highest BCUT2D eigenvalue weighted by Gasteiger charge is 2.75. The van der Waals surface area contributed by atoms with Gasteiger partial charge in [0, 0.05) is 36.7 Å². The van der Waals surface area contributed by atoms with Crippen LogP contribution in [-0.2, 0) is 17.3 Å². The van der Waals surface area contributed by atoms with Crippen molar-refractivity contribution in [1.82, 2.24) is 14.8 Å². The Labute approximate surface area is 181 Å². The number of aromatic nitrogens is 3. The monoisotopic (exact) mass is 411 g/mol. The molecule has 3 aromatic rings. The summed E-state index contributed by atoms with van der Waals surface area (Å²) in [5.74, 6) is 1.13. The third-order valence-electron chi connectivity index (χ3n) is 7.95. The zero-order valence-corrected chi connectivity index (χ0v) is 17.8. The van der Waals surface area contributed by atoms with Gasteiger partial charge in [0.25, 0.3) is 0 Å². The first-order valence-corrected chi connectivity index (χ1v) is 11.1. The quantitative estimate of drug-likeness (QED) is 0.679. The lowest BCUT2D eigenvalue weighted by Gasteiger charge is -2.11. The minimum atomic E-state index is -0.312. The molecule has 1 aromatic carbocycles. The summed E-state index contributed by atoms with van der Waals surface area (Å²) < 4.78 is 1.79. The summed E-state index contributed by atoms with van der Waals surface area (Å²) >= 11 is 0. The standard InChI is InChI=1S/C25H25N5O/c1-3-19-21(17-11-28-30(2)12-17)22(19)23(31)29-20-9-16-8-18(5-4-15(16)10-27-20)25(14-26)13-24(25)6-7-24/h4-5,8-12,19,21-22H,3,6-7,13H2,1-2H3,(H,27,29,31)/t19?,21-,22-,25+/m0/s1. The number of fused-ring (bicyclic) bond motifs is 1. The Morgan fingerprint density at radius 2 is 2.13 bits per heavy atom. The largest absolute Gasteiger partial charge is 0.310 e. The zero-order valence-electron chi connectivity index (χ0n) is 17.8. The average Bonchev–Trinajstić information content (AvgIpc) is 3.72. The SMILES string of the molecule is CCC1[C@H](C(=O)Nc2cc3cc([C@]4(C#N)CC45CC5)ccc3cn2)[C@H]1c1cnn(C)c1. The van der Waals surface area contributed by atoms with Gasteiger partial charge in [0.1, 0.15) is 5.82 Å². The van der Waals surface area contributed by atoms with Crippen LogP contribution in [0.3, 0.4) is 0 Å². The first kappa shape index (κ1) is 18.6. The molecule has 1 spiro atoms. The molecular weight excluding hydrogens is 386 g/mol. The normalized spacial score (nSPS) is 29.5. The van der Waals surface area contributed by atoms with Crippen LogP contribution in [0, 0.1) is 28.6 Å². The highest BCUT2D eigenvalue weighted by atomic mass is 16.2. The Morgan fingerprint density at radius 1 is 1.29 bits per heavy atom. The van der Waals surface area contributed by atoms with Crippen molar-refractivity contribution in [2.24, 2.45) is 24.3 Å². The number of nitrogens with zero attached hydrogens (tertiary/aromatic N) is 4. The van der Waals surface area contributed by atoms with E-state index in [9.17, 15) is 10.1 Å². The van der Waals surface area contributed by atoms with Gasteiger partial charge in [-0.25, -0.2) is 4.98 Å². The average molecular weight is 412 g/mol. The number of amides is 1. The Kier molecular flexibility index (Phi) is 3.69. The van der Waals surface area contributed by atoms with Gasteiger partial charge in [-0.3, -0.25) is 9.48 Å². The Bertz CT molecular complexity index is 1270. The predicted octanol–water partition coefficient (Wildman–Crippen LogP) is 4.29. The smallest absolute Gasteiger partial charge is 0.229 e. The van der Waals surface area contributed by atoms with Gasteiger partial charge in [-0.05, 0) is 59.2 Å². The van der Waals surface area contributed by atoms with Gasteiger partial charge in [0.2, 0.25) is 5.91 Å². The molecule has 1 unspecified atom stereocenters. The maximum Gasteiger partial charge on any atom is 0.229 e. The molecule has 2 aromatic heterocycles. The fraction of sp³-hybridized carbons (Fsp3) is 0.440. The van der Waals surface area contributed by atoms with Crippen molar-refractivity contribution in [2.75, 3.05) is 5.32 Å². The van der Waals surface area contributed by atoms with E-state index < -0.39 is 0 Å². The number of aryl methyl sites for hydroxylation is 1. The Balaban J connectivity index is 1.24. The van der Waals surface area contributed by atoms with Crippen LogP contribution >= 0.6 is 0 Å². The second-order valence-electron chi connectivity index (χ2n) is 9.67. The molecule has 3 fully saturated rings. The predicted molar refractivity (Wildman–Crippen MR) is 117 cm³/mol. The molecule has 3 aliphatic carbocycles. The third-order valence-corrected chi connectivity index (χ3v) is 7.95. The van der Waals surface area contributed by atoms with Crippen LogP contribution in [-0.4, -0.2) is 20.7 Å². The van der Waals surface area contributed by atoms with Crippen molar-refractivity contribution in [3.05, 3.63) is 54.0 Å². The van der Waals surface area contributed by atoms with Gasteiger partial charge in [-0.15, -0.1) is 0 Å². The molecule has 0 radical (unpaired) electrons. The van der Waals surface area contributed by atoms with E-state index in [1.165, 1.54) is 0 Å². The molecular formula is C25H25N5O. The number of benzene rings is 1. The lowest BCUT2D eigenvalue weighted by Crippen LogP contribution is -2.16. The van der Waals surface area contributed by atoms with E-state index >= 15 is 0 Å². The number of hydrogen-bond acceptors (Lipinski definition) is 4. The Hall–Kier alpha value is -3.20. The van der Waals surface area contributed by atoms with Crippen LogP contribution in [0.1, 0.15) is 49.7 Å². The molecule has 4 atom stereocenters. The van der Waals surface area contributed by atoms with Gasteiger partial charge >= 0.3 is 0 Å². The van der Waals surface area contributed by atoms with Gasteiger partial charge in [-0.1, -0.05) is 25.5 Å². The molecule has 6 nitrogen and oxygen atoms in total. The van der Waals surface area contributed by atoms with E-state index in [-0.39, 0.29) is 28.6 Å². The minimum absolute atomic E-state index is 0.0244. The highest BCUT2D eigenvalue weighted by Crippen LogP contribution is 2.78. The summed E-state index contributed by atoms with van der Waals surface area (Å²) in [5, 5.41) is 19.2.